The molecule has 2 N–H and O–H groups in total. The molecule has 0 fully saturated rings. The summed E-state index contributed by atoms with van der Waals surface area (Å²) in [5.41, 5.74) is 0. The molecule has 1 heterocycles. The van der Waals surface area contributed by atoms with Crippen LogP contribution in [0.3, 0.4) is 0 Å². The van der Waals surface area contributed by atoms with Gasteiger partial charge in [-0.05, 0) is 12.1 Å². The highest BCUT2D eigenvalue weighted by Gasteiger charge is 2.38. The first-order valence-electron chi connectivity index (χ1n) is 5.85. The van der Waals surface area contributed by atoms with Crippen LogP contribution in [0, 0.1) is 17.2 Å². The number of rotatable bonds is 5. The van der Waals surface area contributed by atoms with Gasteiger partial charge in [-0.15, -0.1) is 0 Å². The van der Waals surface area contributed by atoms with Crippen LogP contribution in [-0.4, -0.2) is 29.6 Å². The molecular formula is C13H12N4O3. The molecule has 0 bridgehead atoms. The SMILES string of the molecule is N#CC(CC1(Oc2ccccc2)N=CNC=N1)C(=O)O. The summed E-state index contributed by atoms with van der Waals surface area (Å²) in [6.45, 7) is 0. The van der Waals surface area contributed by atoms with Crippen molar-refractivity contribution in [3.8, 4) is 11.8 Å². The highest BCUT2D eigenvalue weighted by Crippen LogP contribution is 2.28. The second-order valence-corrected chi connectivity index (χ2v) is 4.07. The minimum absolute atomic E-state index is 0.178. The summed E-state index contributed by atoms with van der Waals surface area (Å²) in [6, 6.07) is 10.5. The van der Waals surface area contributed by atoms with E-state index in [1.165, 1.54) is 12.7 Å². The molecule has 0 aliphatic carbocycles. The maximum atomic E-state index is 11.0. The summed E-state index contributed by atoms with van der Waals surface area (Å²) in [7, 11) is 0. The van der Waals surface area contributed by atoms with E-state index in [0.29, 0.717) is 5.75 Å². The minimum Gasteiger partial charge on any atom is -0.480 e. The van der Waals surface area contributed by atoms with Gasteiger partial charge in [0.15, 0.2) is 5.92 Å². The highest BCUT2D eigenvalue weighted by molar-refractivity contribution is 5.77. The summed E-state index contributed by atoms with van der Waals surface area (Å²) in [4.78, 5) is 19.1. The van der Waals surface area contributed by atoms with Crippen LogP contribution >= 0.6 is 0 Å². The van der Waals surface area contributed by atoms with Gasteiger partial charge in [0.1, 0.15) is 5.75 Å². The second-order valence-electron chi connectivity index (χ2n) is 4.07. The van der Waals surface area contributed by atoms with E-state index in [1.807, 2.05) is 6.07 Å². The van der Waals surface area contributed by atoms with Crippen LogP contribution in [0.25, 0.3) is 0 Å². The number of nitriles is 1. The summed E-state index contributed by atoms with van der Waals surface area (Å²) in [5, 5.41) is 20.5. The Kier molecular flexibility index (Phi) is 3.96. The Morgan fingerprint density at radius 3 is 2.60 bits per heavy atom. The van der Waals surface area contributed by atoms with Crippen molar-refractivity contribution in [2.75, 3.05) is 0 Å². The Morgan fingerprint density at radius 1 is 1.40 bits per heavy atom. The minimum atomic E-state index is -1.44. The van der Waals surface area contributed by atoms with Crippen molar-refractivity contribution in [3.63, 3.8) is 0 Å². The number of benzene rings is 1. The van der Waals surface area contributed by atoms with Gasteiger partial charge in [-0.2, -0.15) is 5.26 Å². The van der Waals surface area contributed by atoms with E-state index in [4.69, 9.17) is 15.1 Å². The van der Waals surface area contributed by atoms with Gasteiger partial charge >= 0.3 is 11.8 Å². The molecule has 0 saturated heterocycles. The van der Waals surface area contributed by atoms with Crippen molar-refractivity contribution in [2.45, 2.75) is 12.3 Å². The molecule has 2 rings (SSSR count). The van der Waals surface area contributed by atoms with E-state index in [0.717, 1.165) is 0 Å². The van der Waals surface area contributed by atoms with Gasteiger partial charge < -0.3 is 15.2 Å². The zero-order chi connectivity index (χ0) is 14.4. The standard InChI is InChI=1S/C13H12N4O3/c14-7-10(12(18)19)6-13(16-8-15-9-17-13)20-11-4-2-1-3-5-11/h1-5,8-10H,6H2,(H,18,19)(H,15,16,17). The summed E-state index contributed by atoms with van der Waals surface area (Å²) in [6.07, 6.45) is 2.53. The van der Waals surface area contributed by atoms with Crippen LogP contribution in [0.4, 0.5) is 0 Å². The van der Waals surface area contributed by atoms with Crippen LogP contribution in [0.15, 0.2) is 40.3 Å². The number of nitrogens with zero attached hydrogens (tertiary/aromatic N) is 3. The van der Waals surface area contributed by atoms with Crippen LogP contribution in [0.2, 0.25) is 0 Å². The average Bonchev–Trinajstić information content (AvgIpc) is 2.46. The number of aliphatic carboxylic acids is 1. The molecule has 1 aliphatic rings. The molecule has 0 saturated carbocycles. The fourth-order valence-electron chi connectivity index (χ4n) is 1.67. The monoisotopic (exact) mass is 272 g/mol. The quantitative estimate of drug-likeness (QED) is 0.831. The first-order valence-corrected chi connectivity index (χ1v) is 5.85. The molecule has 0 radical (unpaired) electrons. The molecule has 0 spiro atoms. The molecule has 0 aromatic heterocycles. The van der Waals surface area contributed by atoms with E-state index < -0.39 is 17.7 Å². The molecule has 1 atom stereocenters. The lowest BCUT2D eigenvalue weighted by Gasteiger charge is -2.28. The number of ether oxygens (including phenoxy) is 1. The number of nitrogens with one attached hydrogen (secondary N) is 1. The van der Waals surface area contributed by atoms with Crippen LogP contribution in [-0.2, 0) is 4.79 Å². The van der Waals surface area contributed by atoms with E-state index in [9.17, 15) is 4.79 Å². The molecule has 1 aliphatic heterocycles. The third-order valence-corrected chi connectivity index (χ3v) is 2.63. The lowest BCUT2D eigenvalue weighted by atomic mass is 10.0. The molecule has 1 unspecified atom stereocenters. The summed E-state index contributed by atoms with van der Waals surface area (Å²) >= 11 is 0. The van der Waals surface area contributed by atoms with Crippen molar-refractivity contribution < 1.29 is 14.6 Å². The molecule has 102 valence electrons. The van der Waals surface area contributed by atoms with E-state index in [1.54, 1.807) is 30.3 Å². The lowest BCUT2D eigenvalue weighted by molar-refractivity contribution is -0.141. The smallest absolute Gasteiger partial charge is 0.321 e. The normalized spacial score (nSPS) is 16.8. The third-order valence-electron chi connectivity index (χ3n) is 2.63. The lowest BCUT2D eigenvalue weighted by Crippen LogP contribution is -2.40. The fourth-order valence-corrected chi connectivity index (χ4v) is 1.67. The second kappa shape index (κ2) is 5.84. The van der Waals surface area contributed by atoms with Gasteiger partial charge in [-0.3, -0.25) is 4.79 Å². The molecule has 7 heteroatoms. The number of carboxylic acid groups (broad SMARTS) is 1. The maximum absolute atomic E-state index is 11.0. The Balaban J connectivity index is 2.25. The first-order chi connectivity index (χ1) is 9.65. The predicted octanol–water partition coefficient (Wildman–Crippen LogP) is 0.993. The van der Waals surface area contributed by atoms with Crippen molar-refractivity contribution in [2.24, 2.45) is 15.9 Å². The van der Waals surface area contributed by atoms with Crippen molar-refractivity contribution in [3.05, 3.63) is 30.3 Å². The van der Waals surface area contributed by atoms with Gasteiger partial charge in [0.05, 0.1) is 25.2 Å². The topological polar surface area (TPSA) is 107 Å². The zero-order valence-electron chi connectivity index (χ0n) is 10.4. The van der Waals surface area contributed by atoms with Crippen LogP contribution < -0.4 is 10.1 Å². The zero-order valence-corrected chi connectivity index (χ0v) is 10.4. The van der Waals surface area contributed by atoms with E-state index in [-0.39, 0.29) is 6.42 Å². The van der Waals surface area contributed by atoms with Gasteiger partial charge in [0.25, 0.3) is 0 Å². The number of carboxylic acids is 1. The molecule has 1 aromatic carbocycles. The largest absolute Gasteiger partial charge is 0.480 e. The Labute approximate surface area is 115 Å². The van der Waals surface area contributed by atoms with Crippen LogP contribution in [0.1, 0.15) is 6.42 Å². The van der Waals surface area contributed by atoms with Gasteiger partial charge in [-0.1, -0.05) is 18.2 Å². The molecule has 0 amide bonds. The Hall–Kier alpha value is -2.88. The highest BCUT2D eigenvalue weighted by atomic mass is 16.5. The number of para-hydroxylation sites is 1. The number of aliphatic imine (C=N–C) groups is 2. The van der Waals surface area contributed by atoms with Crippen molar-refractivity contribution >= 4 is 18.6 Å². The average molecular weight is 272 g/mol. The first kappa shape index (κ1) is 13.5. The number of hydrogen-bond acceptors (Lipinski definition) is 6. The van der Waals surface area contributed by atoms with Gasteiger partial charge in [0.2, 0.25) is 0 Å². The number of hydrogen-bond donors (Lipinski definition) is 2. The molecular weight excluding hydrogens is 260 g/mol. The van der Waals surface area contributed by atoms with Crippen LogP contribution in [0.5, 0.6) is 5.75 Å². The summed E-state index contributed by atoms with van der Waals surface area (Å²) < 4.78 is 5.68. The van der Waals surface area contributed by atoms with Gasteiger partial charge in [0, 0.05) is 0 Å². The third kappa shape index (κ3) is 3.11. The fraction of sp³-hybridized carbons (Fsp3) is 0.231. The Morgan fingerprint density at radius 2 is 2.05 bits per heavy atom. The maximum Gasteiger partial charge on any atom is 0.321 e. The predicted molar refractivity (Wildman–Crippen MR) is 71.3 cm³/mol. The van der Waals surface area contributed by atoms with Gasteiger partial charge in [-0.25, -0.2) is 9.98 Å². The van der Waals surface area contributed by atoms with Crippen molar-refractivity contribution in [1.29, 1.82) is 5.26 Å². The molecule has 7 nitrogen and oxygen atoms in total. The molecule has 1 aromatic rings. The molecule has 20 heavy (non-hydrogen) atoms. The summed E-state index contributed by atoms with van der Waals surface area (Å²) in [5.74, 6) is -3.44. The van der Waals surface area contributed by atoms with Crippen molar-refractivity contribution in [1.82, 2.24) is 5.32 Å². The Bertz CT molecular complexity index is 565. The van der Waals surface area contributed by atoms with E-state index >= 15 is 0 Å². The number of carbonyl (C=O) groups is 1. The van der Waals surface area contributed by atoms with E-state index in [2.05, 4.69) is 15.3 Å².